The molecule has 3 heterocycles. The molecule has 3 aromatic rings. The fraction of sp³-hybridized carbons (Fsp3) is 0.391. The van der Waals surface area contributed by atoms with E-state index in [1.807, 2.05) is 47.5 Å². The van der Waals surface area contributed by atoms with Gasteiger partial charge in [0.2, 0.25) is 0 Å². The van der Waals surface area contributed by atoms with Crippen molar-refractivity contribution >= 4 is 0 Å². The average molecular weight is 392 g/mol. The first-order valence-electron chi connectivity index (χ1n) is 10.4. The van der Waals surface area contributed by atoms with E-state index in [-0.39, 0.29) is 0 Å². The van der Waals surface area contributed by atoms with Gasteiger partial charge in [-0.2, -0.15) is 5.10 Å². The molecule has 4 rings (SSSR count). The summed E-state index contributed by atoms with van der Waals surface area (Å²) in [4.78, 5) is 9.27. The molecule has 152 valence electrons. The summed E-state index contributed by atoms with van der Waals surface area (Å²) in [6.07, 6.45) is 9.05. The standard InChI is InChI=1S/C23H29N5O/c1-2-7-23(8-3-1)28-20-22(17-25-28)19-27(18-21-6-4-9-24-16-21)11-5-10-26-12-14-29-15-13-26/h1-4,6-9,16-17,20H,5,10-15,18-19H2. The number of morpholine rings is 1. The first kappa shape index (κ1) is 19.8. The number of benzene rings is 1. The van der Waals surface area contributed by atoms with Crippen molar-refractivity contribution in [2.75, 3.05) is 39.4 Å². The zero-order valence-electron chi connectivity index (χ0n) is 16.9. The second kappa shape index (κ2) is 10.3. The van der Waals surface area contributed by atoms with Crippen LogP contribution < -0.4 is 0 Å². The van der Waals surface area contributed by atoms with E-state index in [1.165, 1.54) is 11.1 Å². The van der Waals surface area contributed by atoms with Crippen LogP contribution in [-0.4, -0.2) is 64.0 Å². The number of pyridine rings is 1. The molecule has 0 spiro atoms. The van der Waals surface area contributed by atoms with E-state index in [0.29, 0.717) is 0 Å². The van der Waals surface area contributed by atoms with Crippen LogP contribution in [0.25, 0.3) is 5.69 Å². The Balaban J connectivity index is 1.38. The van der Waals surface area contributed by atoms with Gasteiger partial charge >= 0.3 is 0 Å². The van der Waals surface area contributed by atoms with E-state index in [4.69, 9.17) is 4.74 Å². The Labute approximate surface area is 172 Å². The van der Waals surface area contributed by atoms with Crippen LogP contribution >= 0.6 is 0 Å². The van der Waals surface area contributed by atoms with Gasteiger partial charge in [-0.25, -0.2) is 4.68 Å². The average Bonchev–Trinajstić information content (AvgIpc) is 3.24. The highest BCUT2D eigenvalue weighted by Crippen LogP contribution is 2.13. The van der Waals surface area contributed by atoms with Crippen molar-refractivity contribution in [2.45, 2.75) is 19.5 Å². The predicted octanol–water partition coefficient (Wildman–Crippen LogP) is 2.99. The van der Waals surface area contributed by atoms with Crippen molar-refractivity contribution in [2.24, 2.45) is 0 Å². The van der Waals surface area contributed by atoms with Gasteiger partial charge in [-0.05, 0) is 36.7 Å². The minimum absolute atomic E-state index is 0.859. The van der Waals surface area contributed by atoms with Crippen LogP contribution in [-0.2, 0) is 17.8 Å². The van der Waals surface area contributed by atoms with Gasteiger partial charge in [0, 0.05) is 56.9 Å². The van der Waals surface area contributed by atoms with Crippen molar-refractivity contribution < 1.29 is 4.74 Å². The van der Waals surface area contributed by atoms with Gasteiger partial charge in [-0.3, -0.25) is 14.8 Å². The lowest BCUT2D eigenvalue weighted by Gasteiger charge is -2.28. The molecule has 0 aliphatic carbocycles. The van der Waals surface area contributed by atoms with Crippen molar-refractivity contribution in [1.82, 2.24) is 24.6 Å². The van der Waals surface area contributed by atoms with Gasteiger partial charge in [0.15, 0.2) is 0 Å². The number of hydrogen-bond acceptors (Lipinski definition) is 5. The summed E-state index contributed by atoms with van der Waals surface area (Å²) < 4.78 is 7.41. The number of aromatic nitrogens is 3. The molecule has 2 aromatic heterocycles. The molecule has 1 aliphatic heterocycles. The fourth-order valence-electron chi connectivity index (χ4n) is 3.73. The van der Waals surface area contributed by atoms with E-state index in [1.54, 1.807) is 0 Å². The number of hydrogen-bond donors (Lipinski definition) is 0. The third kappa shape index (κ3) is 5.97. The Bertz CT molecular complexity index is 846. The van der Waals surface area contributed by atoms with Gasteiger partial charge < -0.3 is 4.74 Å². The predicted molar refractivity (Wildman–Crippen MR) is 114 cm³/mol. The maximum atomic E-state index is 5.46. The molecule has 1 aliphatic rings. The molecular weight excluding hydrogens is 362 g/mol. The molecule has 6 heteroatoms. The molecule has 1 fully saturated rings. The van der Waals surface area contributed by atoms with Gasteiger partial charge in [-0.1, -0.05) is 24.3 Å². The Morgan fingerprint density at radius 2 is 1.76 bits per heavy atom. The van der Waals surface area contributed by atoms with Crippen LogP contribution in [0.2, 0.25) is 0 Å². The third-order valence-electron chi connectivity index (χ3n) is 5.24. The highest BCUT2D eigenvalue weighted by atomic mass is 16.5. The molecule has 0 radical (unpaired) electrons. The van der Waals surface area contributed by atoms with Crippen molar-refractivity contribution in [3.8, 4) is 5.69 Å². The maximum absolute atomic E-state index is 5.46. The van der Waals surface area contributed by atoms with Crippen LogP contribution in [0.5, 0.6) is 0 Å². The monoisotopic (exact) mass is 391 g/mol. The summed E-state index contributed by atoms with van der Waals surface area (Å²) in [6.45, 7) is 7.76. The number of rotatable bonds is 9. The number of ether oxygens (including phenoxy) is 1. The van der Waals surface area contributed by atoms with Gasteiger partial charge in [0.25, 0.3) is 0 Å². The van der Waals surface area contributed by atoms with E-state index < -0.39 is 0 Å². The van der Waals surface area contributed by atoms with Crippen molar-refractivity contribution in [3.05, 3.63) is 78.4 Å². The van der Waals surface area contributed by atoms with Crippen LogP contribution in [0.1, 0.15) is 17.5 Å². The lowest BCUT2D eigenvalue weighted by Crippen LogP contribution is -2.38. The molecule has 6 nitrogen and oxygen atoms in total. The molecule has 0 unspecified atom stereocenters. The van der Waals surface area contributed by atoms with Crippen LogP contribution in [0.15, 0.2) is 67.3 Å². The summed E-state index contributed by atoms with van der Waals surface area (Å²) in [5.41, 5.74) is 3.56. The zero-order chi connectivity index (χ0) is 19.7. The highest BCUT2D eigenvalue weighted by molar-refractivity contribution is 5.30. The number of para-hydroxylation sites is 1. The van der Waals surface area contributed by atoms with Gasteiger partial charge in [0.1, 0.15) is 0 Å². The van der Waals surface area contributed by atoms with Gasteiger partial charge in [-0.15, -0.1) is 0 Å². The summed E-state index contributed by atoms with van der Waals surface area (Å²) in [5.74, 6) is 0. The molecule has 1 aromatic carbocycles. The Morgan fingerprint density at radius 1 is 0.931 bits per heavy atom. The van der Waals surface area contributed by atoms with E-state index >= 15 is 0 Å². The first-order chi connectivity index (χ1) is 14.4. The first-order valence-corrected chi connectivity index (χ1v) is 10.4. The largest absolute Gasteiger partial charge is 0.379 e. The Kier molecular flexibility index (Phi) is 7.02. The molecule has 1 saturated heterocycles. The lowest BCUT2D eigenvalue weighted by molar-refractivity contribution is 0.0359. The fourth-order valence-corrected chi connectivity index (χ4v) is 3.73. The van der Waals surface area contributed by atoms with E-state index in [9.17, 15) is 0 Å². The molecule has 0 amide bonds. The molecular formula is C23H29N5O. The number of nitrogens with zero attached hydrogens (tertiary/aromatic N) is 5. The summed E-state index contributed by atoms with van der Waals surface area (Å²) in [7, 11) is 0. The minimum atomic E-state index is 0.859. The topological polar surface area (TPSA) is 46.4 Å². The minimum Gasteiger partial charge on any atom is -0.379 e. The van der Waals surface area contributed by atoms with E-state index in [0.717, 1.165) is 64.6 Å². The normalized spacial score (nSPS) is 15.1. The zero-order valence-corrected chi connectivity index (χ0v) is 16.9. The SMILES string of the molecule is c1ccc(-n2cc(CN(CCCN3CCOCC3)Cc3cccnc3)cn2)cc1. The highest BCUT2D eigenvalue weighted by Gasteiger charge is 2.13. The van der Waals surface area contributed by atoms with E-state index in [2.05, 4.69) is 44.3 Å². The maximum Gasteiger partial charge on any atom is 0.0645 e. The van der Waals surface area contributed by atoms with Crippen LogP contribution in [0.4, 0.5) is 0 Å². The van der Waals surface area contributed by atoms with Crippen LogP contribution in [0, 0.1) is 0 Å². The second-order valence-corrected chi connectivity index (χ2v) is 7.51. The molecule has 0 bridgehead atoms. The summed E-state index contributed by atoms with van der Waals surface area (Å²) >= 11 is 0. The second-order valence-electron chi connectivity index (χ2n) is 7.51. The summed E-state index contributed by atoms with van der Waals surface area (Å²) in [6, 6.07) is 14.4. The third-order valence-corrected chi connectivity index (χ3v) is 5.24. The molecule has 0 atom stereocenters. The van der Waals surface area contributed by atoms with Crippen LogP contribution in [0.3, 0.4) is 0 Å². The molecule has 29 heavy (non-hydrogen) atoms. The summed E-state index contributed by atoms with van der Waals surface area (Å²) in [5, 5.41) is 4.56. The quantitative estimate of drug-likeness (QED) is 0.561. The Morgan fingerprint density at radius 3 is 2.55 bits per heavy atom. The van der Waals surface area contributed by atoms with Crippen molar-refractivity contribution in [3.63, 3.8) is 0 Å². The van der Waals surface area contributed by atoms with Gasteiger partial charge in [0.05, 0.1) is 25.1 Å². The Hall–Kier alpha value is -2.54. The molecule has 0 N–H and O–H groups in total. The smallest absolute Gasteiger partial charge is 0.0645 e. The lowest BCUT2D eigenvalue weighted by atomic mass is 10.2. The van der Waals surface area contributed by atoms with Crippen molar-refractivity contribution in [1.29, 1.82) is 0 Å². The molecule has 0 saturated carbocycles.